The lowest BCUT2D eigenvalue weighted by molar-refractivity contribution is -0.141. The maximum Gasteiger partial charge on any atom is 0.321 e. The van der Waals surface area contributed by atoms with Crippen LogP contribution < -0.4 is 4.72 Å². The van der Waals surface area contributed by atoms with Gasteiger partial charge in [0.1, 0.15) is 6.54 Å². The van der Waals surface area contributed by atoms with E-state index in [1.54, 1.807) is 6.07 Å². The Morgan fingerprint density at radius 1 is 0.862 bits per heavy atom. The van der Waals surface area contributed by atoms with E-state index in [0.717, 1.165) is 33.4 Å². The number of esters is 1. The fourth-order valence-electron chi connectivity index (χ4n) is 3.10. The van der Waals surface area contributed by atoms with Crippen LogP contribution in [-0.4, -0.2) is 33.3 Å². The van der Waals surface area contributed by atoms with Gasteiger partial charge in [0.05, 0.1) is 4.90 Å². The molecule has 156 valence electrons. The minimum absolute atomic E-state index is 0.0749. The summed E-state index contributed by atoms with van der Waals surface area (Å²) in [4.78, 5) is 24.6. The van der Waals surface area contributed by atoms with Crippen molar-refractivity contribution in [2.45, 2.75) is 46.4 Å². The summed E-state index contributed by atoms with van der Waals surface area (Å²) in [6, 6.07) is 6.65. The van der Waals surface area contributed by atoms with Gasteiger partial charge in [0.15, 0.2) is 6.61 Å². The third-order valence-electron chi connectivity index (χ3n) is 5.19. The van der Waals surface area contributed by atoms with Crippen LogP contribution in [-0.2, 0) is 19.6 Å². The van der Waals surface area contributed by atoms with Gasteiger partial charge in [-0.15, -0.1) is 0 Å². The summed E-state index contributed by atoms with van der Waals surface area (Å²) in [7, 11) is -3.84. The van der Waals surface area contributed by atoms with Crippen LogP contribution in [0.2, 0.25) is 0 Å². The summed E-state index contributed by atoms with van der Waals surface area (Å²) in [5.74, 6) is -1.13. The van der Waals surface area contributed by atoms with E-state index >= 15 is 0 Å². The van der Waals surface area contributed by atoms with Gasteiger partial charge < -0.3 is 4.74 Å². The standard InChI is InChI=1S/C22H27NO5S/c1-13-7-8-19(10-14(13)2)29(26,27)23-11-21(25)28-12-20(24)22-16(4)9-15(3)17(5)18(22)6/h7-10,23H,11-12H2,1-6H3. The molecule has 0 aliphatic rings. The summed E-state index contributed by atoms with van der Waals surface area (Å²) in [6.45, 7) is 10.3. The molecule has 0 unspecified atom stereocenters. The van der Waals surface area contributed by atoms with Gasteiger partial charge in [-0.1, -0.05) is 12.1 Å². The van der Waals surface area contributed by atoms with Crippen molar-refractivity contribution in [1.82, 2.24) is 4.72 Å². The van der Waals surface area contributed by atoms with Crippen molar-refractivity contribution in [3.63, 3.8) is 0 Å². The molecule has 7 heteroatoms. The van der Waals surface area contributed by atoms with Gasteiger partial charge in [0.25, 0.3) is 0 Å². The van der Waals surface area contributed by atoms with E-state index < -0.39 is 29.1 Å². The van der Waals surface area contributed by atoms with Crippen LogP contribution in [0.5, 0.6) is 0 Å². The molecule has 0 atom stereocenters. The topological polar surface area (TPSA) is 89.5 Å². The van der Waals surface area contributed by atoms with Crippen LogP contribution in [0.3, 0.4) is 0 Å². The molecule has 2 aromatic carbocycles. The Morgan fingerprint density at radius 3 is 2.14 bits per heavy atom. The summed E-state index contributed by atoms with van der Waals surface area (Å²) in [5.41, 5.74) is 6.14. The molecular weight excluding hydrogens is 390 g/mol. The Hall–Kier alpha value is -2.51. The number of ether oxygens (including phenoxy) is 1. The molecule has 0 aromatic heterocycles. The van der Waals surface area contributed by atoms with Gasteiger partial charge in [0.2, 0.25) is 15.8 Å². The molecule has 0 fully saturated rings. The van der Waals surface area contributed by atoms with Crippen molar-refractivity contribution in [2.24, 2.45) is 0 Å². The van der Waals surface area contributed by atoms with Crippen molar-refractivity contribution in [1.29, 1.82) is 0 Å². The number of carbonyl (C=O) groups excluding carboxylic acids is 2. The van der Waals surface area contributed by atoms with Crippen molar-refractivity contribution in [3.05, 3.63) is 63.2 Å². The zero-order valence-electron chi connectivity index (χ0n) is 17.7. The highest BCUT2D eigenvalue weighted by atomic mass is 32.2. The first-order valence-corrected chi connectivity index (χ1v) is 10.8. The number of ketones is 1. The van der Waals surface area contributed by atoms with E-state index in [0.29, 0.717) is 5.56 Å². The Labute approximate surface area is 172 Å². The molecule has 1 N–H and O–H groups in total. The van der Waals surface area contributed by atoms with Crippen LogP contribution in [0.4, 0.5) is 0 Å². The SMILES string of the molecule is Cc1ccc(S(=O)(=O)NCC(=O)OCC(=O)c2c(C)cc(C)c(C)c2C)cc1C. The van der Waals surface area contributed by atoms with Crippen molar-refractivity contribution < 1.29 is 22.7 Å². The van der Waals surface area contributed by atoms with Crippen LogP contribution in [0.1, 0.15) is 43.7 Å². The quantitative estimate of drug-likeness (QED) is 0.552. The smallest absolute Gasteiger partial charge is 0.321 e. The number of hydrogen-bond donors (Lipinski definition) is 1. The highest BCUT2D eigenvalue weighted by Crippen LogP contribution is 2.22. The molecule has 0 saturated carbocycles. The average Bonchev–Trinajstić information content (AvgIpc) is 2.65. The van der Waals surface area contributed by atoms with E-state index in [4.69, 9.17) is 4.74 Å². The number of benzene rings is 2. The van der Waals surface area contributed by atoms with Crippen molar-refractivity contribution >= 4 is 21.8 Å². The largest absolute Gasteiger partial charge is 0.456 e. The van der Waals surface area contributed by atoms with E-state index in [2.05, 4.69) is 4.72 Å². The second-order valence-corrected chi connectivity index (χ2v) is 9.06. The fraction of sp³-hybridized carbons (Fsp3) is 0.364. The van der Waals surface area contributed by atoms with Gasteiger partial charge in [-0.2, -0.15) is 4.72 Å². The maximum atomic E-state index is 12.5. The Morgan fingerprint density at radius 2 is 1.52 bits per heavy atom. The minimum Gasteiger partial charge on any atom is -0.456 e. The summed E-state index contributed by atoms with van der Waals surface area (Å²) < 4.78 is 31.9. The molecule has 0 aliphatic heterocycles. The molecule has 0 bridgehead atoms. The second-order valence-electron chi connectivity index (χ2n) is 7.29. The number of rotatable bonds is 7. The van der Waals surface area contributed by atoms with Crippen LogP contribution in [0.15, 0.2) is 29.2 Å². The molecular formula is C22H27NO5S. The summed E-state index contributed by atoms with van der Waals surface area (Å²) in [6.07, 6.45) is 0. The number of carbonyl (C=O) groups is 2. The zero-order chi connectivity index (χ0) is 21.9. The number of hydrogen-bond acceptors (Lipinski definition) is 5. The first-order chi connectivity index (χ1) is 13.4. The van der Waals surface area contributed by atoms with Crippen molar-refractivity contribution in [3.8, 4) is 0 Å². The van der Waals surface area contributed by atoms with Gasteiger partial charge in [-0.3, -0.25) is 9.59 Å². The van der Waals surface area contributed by atoms with Gasteiger partial charge in [-0.25, -0.2) is 8.42 Å². The second kappa shape index (κ2) is 8.88. The third-order valence-corrected chi connectivity index (χ3v) is 6.59. The molecule has 29 heavy (non-hydrogen) atoms. The number of nitrogens with one attached hydrogen (secondary N) is 1. The van der Waals surface area contributed by atoms with Gasteiger partial charge in [0, 0.05) is 5.56 Å². The van der Waals surface area contributed by atoms with Gasteiger partial charge in [-0.05, 0) is 87.1 Å². The maximum absolute atomic E-state index is 12.5. The molecule has 6 nitrogen and oxygen atoms in total. The first kappa shape index (κ1) is 22.8. The predicted molar refractivity (Wildman–Crippen MR) is 112 cm³/mol. The first-order valence-electron chi connectivity index (χ1n) is 9.27. The average molecular weight is 418 g/mol. The Bertz CT molecular complexity index is 1070. The molecule has 0 heterocycles. The summed E-state index contributed by atoms with van der Waals surface area (Å²) >= 11 is 0. The molecule has 2 rings (SSSR count). The van der Waals surface area contributed by atoms with Gasteiger partial charge >= 0.3 is 5.97 Å². The molecule has 0 spiro atoms. The Kier molecular flexibility index (Phi) is 6.97. The fourth-order valence-corrected chi connectivity index (χ4v) is 4.15. The lowest BCUT2D eigenvalue weighted by Crippen LogP contribution is -2.31. The monoisotopic (exact) mass is 417 g/mol. The zero-order valence-corrected chi connectivity index (χ0v) is 18.5. The molecule has 0 saturated heterocycles. The molecule has 0 amide bonds. The minimum atomic E-state index is -3.84. The highest BCUT2D eigenvalue weighted by Gasteiger charge is 2.19. The van der Waals surface area contributed by atoms with E-state index in [1.807, 2.05) is 47.6 Å². The molecule has 0 aliphatic carbocycles. The lowest BCUT2D eigenvalue weighted by atomic mass is 9.92. The normalized spacial score (nSPS) is 11.4. The van der Waals surface area contributed by atoms with E-state index in [9.17, 15) is 18.0 Å². The van der Waals surface area contributed by atoms with Crippen LogP contribution in [0.25, 0.3) is 0 Å². The predicted octanol–water partition coefficient (Wildman–Crippen LogP) is 3.24. The number of Topliss-reactive ketones (excluding diaryl/α,β-unsaturated/α-hetero) is 1. The van der Waals surface area contributed by atoms with Crippen LogP contribution in [0, 0.1) is 41.5 Å². The van der Waals surface area contributed by atoms with Crippen molar-refractivity contribution in [2.75, 3.05) is 13.2 Å². The van der Waals surface area contributed by atoms with Crippen LogP contribution >= 0.6 is 0 Å². The third kappa shape index (κ3) is 5.31. The Balaban J connectivity index is 1.99. The van der Waals surface area contributed by atoms with E-state index in [1.165, 1.54) is 12.1 Å². The number of sulfonamides is 1. The summed E-state index contributed by atoms with van der Waals surface area (Å²) in [5, 5.41) is 0. The highest BCUT2D eigenvalue weighted by molar-refractivity contribution is 7.89. The molecule has 2 aromatic rings. The molecule has 0 radical (unpaired) electrons. The van der Waals surface area contributed by atoms with E-state index in [-0.39, 0.29) is 10.7 Å². The lowest BCUT2D eigenvalue weighted by Gasteiger charge is -2.14. The number of aryl methyl sites for hydroxylation is 4.